The van der Waals surface area contributed by atoms with Gasteiger partial charge in [0.05, 0.1) is 12.6 Å². The SMILES string of the molecule is CNC(=O)C1CCCN1CC(=O)C1CCCC1. The standard InChI is InChI=1S/C13H22N2O2/c1-14-13(17)11-7-4-8-15(11)9-12(16)10-5-2-3-6-10/h10-11H,2-9H2,1H3,(H,14,17). The summed E-state index contributed by atoms with van der Waals surface area (Å²) in [6.45, 7) is 1.36. The first-order valence-corrected chi connectivity index (χ1v) is 6.70. The number of nitrogens with zero attached hydrogens (tertiary/aromatic N) is 1. The van der Waals surface area contributed by atoms with Gasteiger partial charge < -0.3 is 5.32 Å². The molecular formula is C13H22N2O2. The van der Waals surface area contributed by atoms with Crippen molar-refractivity contribution in [2.45, 2.75) is 44.6 Å². The molecule has 1 heterocycles. The van der Waals surface area contributed by atoms with Crippen molar-refractivity contribution < 1.29 is 9.59 Å². The lowest BCUT2D eigenvalue weighted by Crippen LogP contribution is -2.44. The molecule has 0 bridgehead atoms. The minimum atomic E-state index is -0.0784. The van der Waals surface area contributed by atoms with Crippen LogP contribution in [0.2, 0.25) is 0 Å². The van der Waals surface area contributed by atoms with Crippen LogP contribution in [0, 0.1) is 5.92 Å². The molecule has 1 amide bonds. The number of carbonyl (C=O) groups excluding carboxylic acids is 2. The van der Waals surface area contributed by atoms with Gasteiger partial charge in [-0.25, -0.2) is 0 Å². The van der Waals surface area contributed by atoms with E-state index in [-0.39, 0.29) is 17.9 Å². The quantitative estimate of drug-likeness (QED) is 0.793. The van der Waals surface area contributed by atoms with E-state index in [0.717, 1.165) is 32.2 Å². The minimum absolute atomic E-state index is 0.0571. The molecule has 0 aromatic rings. The van der Waals surface area contributed by atoms with Gasteiger partial charge in [0.15, 0.2) is 0 Å². The molecule has 0 aromatic carbocycles. The summed E-state index contributed by atoms with van der Waals surface area (Å²) in [6, 6.07) is -0.0784. The van der Waals surface area contributed by atoms with E-state index in [1.807, 2.05) is 0 Å². The number of ketones is 1. The molecule has 1 unspecified atom stereocenters. The number of carbonyl (C=O) groups is 2. The Morgan fingerprint density at radius 1 is 1.18 bits per heavy atom. The normalized spacial score (nSPS) is 26.3. The number of Topliss-reactive ketones (excluding diaryl/α,β-unsaturated/α-hetero) is 1. The fourth-order valence-electron chi connectivity index (χ4n) is 3.06. The molecule has 0 spiro atoms. The third-order valence-electron chi connectivity index (χ3n) is 4.08. The van der Waals surface area contributed by atoms with Crippen molar-refractivity contribution >= 4 is 11.7 Å². The van der Waals surface area contributed by atoms with E-state index in [1.165, 1.54) is 12.8 Å². The topological polar surface area (TPSA) is 49.4 Å². The highest BCUT2D eigenvalue weighted by atomic mass is 16.2. The van der Waals surface area contributed by atoms with E-state index in [0.29, 0.717) is 12.3 Å². The monoisotopic (exact) mass is 238 g/mol. The lowest BCUT2D eigenvalue weighted by Gasteiger charge is -2.23. The fourth-order valence-corrected chi connectivity index (χ4v) is 3.06. The van der Waals surface area contributed by atoms with E-state index in [1.54, 1.807) is 7.05 Å². The first-order chi connectivity index (χ1) is 8.22. The Bertz CT molecular complexity index is 298. The van der Waals surface area contributed by atoms with Crippen LogP contribution in [-0.4, -0.2) is 42.8 Å². The zero-order valence-corrected chi connectivity index (χ0v) is 10.6. The third kappa shape index (κ3) is 2.86. The van der Waals surface area contributed by atoms with E-state index < -0.39 is 0 Å². The smallest absolute Gasteiger partial charge is 0.237 e. The average Bonchev–Trinajstić information content (AvgIpc) is 2.98. The van der Waals surface area contributed by atoms with Crippen LogP contribution in [0.1, 0.15) is 38.5 Å². The van der Waals surface area contributed by atoms with Crippen LogP contribution in [-0.2, 0) is 9.59 Å². The number of rotatable bonds is 4. The van der Waals surface area contributed by atoms with Crippen molar-refractivity contribution in [1.29, 1.82) is 0 Å². The van der Waals surface area contributed by atoms with Crippen molar-refractivity contribution in [3.8, 4) is 0 Å². The Labute approximate surface area is 103 Å². The van der Waals surface area contributed by atoms with E-state index >= 15 is 0 Å². The highest BCUT2D eigenvalue weighted by molar-refractivity contribution is 5.85. The predicted octanol–water partition coefficient (Wildman–Crippen LogP) is 0.956. The van der Waals surface area contributed by atoms with Crippen molar-refractivity contribution in [3.05, 3.63) is 0 Å². The molecule has 0 aromatic heterocycles. The van der Waals surface area contributed by atoms with E-state index in [9.17, 15) is 9.59 Å². The summed E-state index contributed by atoms with van der Waals surface area (Å²) < 4.78 is 0. The van der Waals surface area contributed by atoms with Gasteiger partial charge in [-0.05, 0) is 32.2 Å². The fraction of sp³-hybridized carbons (Fsp3) is 0.846. The van der Waals surface area contributed by atoms with Crippen molar-refractivity contribution in [2.75, 3.05) is 20.1 Å². The number of likely N-dealkylation sites (tertiary alicyclic amines) is 1. The summed E-state index contributed by atoms with van der Waals surface area (Å²) in [5, 5.41) is 2.69. The first-order valence-electron chi connectivity index (χ1n) is 6.70. The van der Waals surface area contributed by atoms with Crippen molar-refractivity contribution in [2.24, 2.45) is 5.92 Å². The number of likely N-dealkylation sites (N-methyl/N-ethyl adjacent to an activating group) is 1. The molecule has 96 valence electrons. The molecule has 4 nitrogen and oxygen atoms in total. The van der Waals surface area contributed by atoms with Crippen LogP contribution in [0.3, 0.4) is 0 Å². The summed E-state index contributed by atoms with van der Waals surface area (Å²) >= 11 is 0. The molecule has 4 heteroatoms. The van der Waals surface area contributed by atoms with Crippen LogP contribution in [0.5, 0.6) is 0 Å². The summed E-state index contributed by atoms with van der Waals surface area (Å²) in [7, 11) is 1.66. The van der Waals surface area contributed by atoms with Crippen LogP contribution >= 0.6 is 0 Å². The lowest BCUT2D eigenvalue weighted by molar-refractivity contribution is -0.128. The number of amides is 1. The van der Waals surface area contributed by atoms with Crippen molar-refractivity contribution in [3.63, 3.8) is 0 Å². The lowest BCUT2D eigenvalue weighted by atomic mass is 10.0. The third-order valence-corrected chi connectivity index (χ3v) is 4.08. The van der Waals surface area contributed by atoms with Crippen LogP contribution < -0.4 is 5.32 Å². The van der Waals surface area contributed by atoms with Crippen molar-refractivity contribution in [1.82, 2.24) is 10.2 Å². The van der Waals surface area contributed by atoms with Gasteiger partial charge in [-0.15, -0.1) is 0 Å². The summed E-state index contributed by atoms with van der Waals surface area (Å²) in [6.07, 6.45) is 6.40. The highest BCUT2D eigenvalue weighted by Crippen LogP contribution is 2.27. The molecule has 1 saturated carbocycles. The van der Waals surface area contributed by atoms with Gasteiger partial charge in [-0.1, -0.05) is 12.8 Å². The van der Waals surface area contributed by atoms with Gasteiger partial charge in [-0.2, -0.15) is 0 Å². The molecule has 1 aliphatic heterocycles. The second-order valence-corrected chi connectivity index (χ2v) is 5.19. The predicted molar refractivity (Wildman–Crippen MR) is 65.6 cm³/mol. The Kier molecular flexibility index (Phi) is 4.15. The van der Waals surface area contributed by atoms with Gasteiger partial charge in [0.1, 0.15) is 5.78 Å². The molecular weight excluding hydrogens is 216 g/mol. The van der Waals surface area contributed by atoms with Gasteiger partial charge in [-0.3, -0.25) is 14.5 Å². The Balaban J connectivity index is 1.88. The molecule has 2 rings (SSSR count). The second-order valence-electron chi connectivity index (χ2n) is 5.19. The number of hydrogen-bond acceptors (Lipinski definition) is 3. The minimum Gasteiger partial charge on any atom is -0.358 e. The second kappa shape index (κ2) is 5.63. The molecule has 1 saturated heterocycles. The van der Waals surface area contributed by atoms with Gasteiger partial charge in [0.2, 0.25) is 5.91 Å². The average molecular weight is 238 g/mol. The Morgan fingerprint density at radius 3 is 2.53 bits per heavy atom. The largest absolute Gasteiger partial charge is 0.358 e. The first kappa shape index (κ1) is 12.6. The molecule has 0 radical (unpaired) electrons. The molecule has 2 fully saturated rings. The van der Waals surface area contributed by atoms with Crippen LogP contribution in [0.25, 0.3) is 0 Å². The Hall–Kier alpha value is -0.900. The number of hydrogen-bond donors (Lipinski definition) is 1. The zero-order valence-electron chi connectivity index (χ0n) is 10.6. The molecule has 2 aliphatic rings. The summed E-state index contributed by atoms with van der Waals surface area (Å²) in [5.41, 5.74) is 0. The highest BCUT2D eigenvalue weighted by Gasteiger charge is 2.33. The molecule has 1 atom stereocenters. The maximum absolute atomic E-state index is 12.1. The summed E-state index contributed by atoms with van der Waals surface area (Å²) in [5.74, 6) is 0.668. The summed E-state index contributed by atoms with van der Waals surface area (Å²) in [4.78, 5) is 25.8. The van der Waals surface area contributed by atoms with Gasteiger partial charge in [0.25, 0.3) is 0 Å². The zero-order chi connectivity index (χ0) is 12.3. The van der Waals surface area contributed by atoms with Crippen LogP contribution in [0.4, 0.5) is 0 Å². The number of nitrogens with one attached hydrogen (secondary N) is 1. The maximum Gasteiger partial charge on any atom is 0.237 e. The maximum atomic E-state index is 12.1. The Morgan fingerprint density at radius 2 is 1.88 bits per heavy atom. The van der Waals surface area contributed by atoms with Gasteiger partial charge >= 0.3 is 0 Å². The van der Waals surface area contributed by atoms with E-state index in [2.05, 4.69) is 10.2 Å². The van der Waals surface area contributed by atoms with Gasteiger partial charge in [0, 0.05) is 13.0 Å². The molecule has 1 N–H and O–H groups in total. The molecule has 17 heavy (non-hydrogen) atoms. The van der Waals surface area contributed by atoms with Crippen LogP contribution in [0.15, 0.2) is 0 Å². The van der Waals surface area contributed by atoms with E-state index in [4.69, 9.17) is 0 Å². The molecule has 1 aliphatic carbocycles.